The molecule has 0 radical (unpaired) electrons. The van der Waals surface area contributed by atoms with E-state index in [4.69, 9.17) is 4.74 Å². The third-order valence-corrected chi connectivity index (χ3v) is 3.53. The van der Waals surface area contributed by atoms with E-state index in [2.05, 4.69) is 4.98 Å². The topological polar surface area (TPSA) is 59.5 Å². The summed E-state index contributed by atoms with van der Waals surface area (Å²) in [7, 11) is 1.35. The molecular formula is C16H14N2O3. The predicted molar refractivity (Wildman–Crippen MR) is 77.4 cm³/mol. The summed E-state index contributed by atoms with van der Waals surface area (Å²) in [5.41, 5.74) is 2.73. The molecule has 0 saturated heterocycles. The number of carbonyl (C=O) groups is 2. The molecule has 1 aromatic carbocycles. The molecule has 5 heteroatoms. The maximum absolute atomic E-state index is 12.5. The fraction of sp³-hybridized carbons (Fsp3) is 0.188. The molecule has 0 spiro atoms. The lowest BCUT2D eigenvalue weighted by molar-refractivity contribution is 0.0600. The number of anilines is 1. The van der Waals surface area contributed by atoms with Gasteiger partial charge < -0.3 is 9.64 Å². The number of rotatable bonds is 2. The number of benzene rings is 1. The maximum atomic E-state index is 12.5. The van der Waals surface area contributed by atoms with Crippen LogP contribution in [0.1, 0.15) is 26.4 Å². The van der Waals surface area contributed by atoms with E-state index < -0.39 is 0 Å². The van der Waals surface area contributed by atoms with E-state index in [1.807, 2.05) is 0 Å². The molecule has 1 aliphatic rings. The SMILES string of the molecule is COC(=O)c1ccc2c(c1)CCN2C(=O)c1ccccn1. The van der Waals surface area contributed by atoms with E-state index in [-0.39, 0.29) is 11.9 Å². The maximum Gasteiger partial charge on any atom is 0.337 e. The summed E-state index contributed by atoms with van der Waals surface area (Å²) >= 11 is 0. The first kappa shape index (κ1) is 13.3. The minimum Gasteiger partial charge on any atom is -0.465 e. The first-order valence-electron chi connectivity index (χ1n) is 6.65. The number of amides is 1. The van der Waals surface area contributed by atoms with Crippen molar-refractivity contribution in [2.45, 2.75) is 6.42 Å². The standard InChI is InChI=1S/C16H14N2O3/c1-21-16(20)12-5-6-14-11(10-12)7-9-18(14)15(19)13-4-2-3-8-17-13/h2-6,8,10H,7,9H2,1H3. The van der Waals surface area contributed by atoms with Crippen LogP contribution in [0, 0.1) is 0 Å². The average Bonchev–Trinajstić information content (AvgIpc) is 2.97. The van der Waals surface area contributed by atoms with Crippen LogP contribution in [0.3, 0.4) is 0 Å². The second-order valence-corrected chi connectivity index (χ2v) is 4.76. The number of esters is 1. The summed E-state index contributed by atoms with van der Waals surface area (Å²) in [5, 5.41) is 0. The molecule has 0 unspecified atom stereocenters. The van der Waals surface area contributed by atoms with Gasteiger partial charge in [-0.25, -0.2) is 4.79 Å². The normalized spacial score (nSPS) is 12.9. The van der Waals surface area contributed by atoms with E-state index in [1.54, 1.807) is 47.5 Å². The molecule has 0 N–H and O–H groups in total. The molecule has 0 fully saturated rings. The van der Waals surface area contributed by atoms with Crippen LogP contribution in [-0.4, -0.2) is 30.5 Å². The fourth-order valence-corrected chi connectivity index (χ4v) is 2.49. The first-order chi connectivity index (χ1) is 10.2. The fourth-order valence-electron chi connectivity index (χ4n) is 2.49. The van der Waals surface area contributed by atoms with Gasteiger partial charge in [0, 0.05) is 18.4 Å². The number of aromatic nitrogens is 1. The molecule has 5 nitrogen and oxygen atoms in total. The van der Waals surface area contributed by atoms with Crippen molar-refractivity contribution < 1.29 is 14.3 Å². The van der Waals surface area contributed by atoms with Gasteiger partial charge in [0.2, 0.25) is 0 Å². The Labute approximate surface area is 122 Å². The number of methoxy groups -OCH3 is 1. The Bertz CT molecular complexity index is 698. The summed E-state index contributed by atoms with van der Waals surface area (Å²) in [6.45, 7) is 0.593. The third kappa shape index (κ3) is 2.38. The van der Waals surface area contributed by atoms with Gasteiger partial charge in [-0.2, -0.15) is 0 Å². The lowest BCUT2D eigenvalue weighted by atomic mass is 10.1. The van der Waals surface area contributed by atoms with Crippen molar-refractivity contribution in [1.82, 2.24) is 4.98 Å². The first-order valence-corrected chi connectivity index (χ1v) is 6.65. The van der Waals surface area contributed by atoms with Crippen LogP contribution in [0.25, 0.3) is 0 Å². The molecule has 2 heterocycles. The van der Waals surface area contributed by atoms with Gasteiger partial charge in [0.1, 0.15) is 5.69 Å². The lowest BCUT2D eigenvalue weighted by Crippen LogP contribution is -2.29. The highest BCUT2D eigenvalue weighted by Crippen LogP contribution is 2.30. The molecule has 0 saturated carbocycles. The van der Waals surface area contributed by atoms with Gasteiger partial charge in [0.25, 0.3) is 5.91 Å². The quantitative estimate of drug-likeness (QED) is 0.791. The third-order valence-electron chi connectivity index (χ3n) is 3.53. The molecule has 3 rings (SSSR count). The molecule has 21 heavy (non-hydrogen) atoms. The number of nitrogens with zero attached hydrogens (tertiary/aromatic N) is 2. The van der Waals surface area contributed by atoms with Crippen molar-refractivity contribution in [2.75, 3.05) is 18.6 Å². The number of fused-ring (bicyclic) bond motifs is 1. The van der Waals surface area contributed by atoms with Crippen molar-refractivity contribution >= 4 is 17.6 Å². The summed E-state index contributed by atoms with van der Waals surface area (Å²) < 4.78 is 4.71. The Hall–Kier alpha value is -2.69. The predicted octanol–water partition coefficient (Wildman–Crippen LogP) is 2.07. The van der Waals surface area contributed by atoms with Crippen LogP contribution >= 0.6 is 0 Å². The van der Waals surface area contributed by atoms with Crippen LogP contribution in [0.5, 0.6) is 0 Å². The van der Waals surface area contributed by atoms with Crippen LogP contribution in [0.15, 0.2) is 42.6 Å². The number of carbonyl (C=O) groups excluding carboxylic acids is 2. The number of hydrogen-bond donors (Lipinski definition) is 0. The van der Waals surface area contributed by atoms with E-state index >= 15 is 0 Å². The zero-order valence-electron chi connectivity index (χ0n) is 11.6. The van der Waals surface area contributed by atoms with Crippen molar-refractivity contribution in [3.63, 3.8) is 0 Å². The molecular weight excluding hydrogens is 268 g/mol. The zero-order valence-corrected chi connectivity index (χ0v) is 11.6. The Morgan fingerprint density at radius 2 is 2.10 bits per heavy atom. The Morgan fingerprint density at radius 3 is 2.81 bits per heavy atom. The van der Waals surface area contributed by atoms with Gasteiger partial charge in [0.15, 0.2) is 0 Å². The van der Waals surface area contributed by atoms with Crippen molar-refractivity contribution in [3.8, 4) is 0 Å². The highest BCUT2D eigenvalue weighted by molar-refractivity contribution is 6.06. The van der Waals surface area contributed by atoms with Gasteiger partial charge in [-0.3, -0.25) is 9.78 Å². The van der Waals surface area contributed by atoms with Gasteiger partial charge in [-0.1, -0.05) is 6.07 Å². The van der Waals surface area contributed by atoms with E-state index in [0.29, 0.717) is 17.8 Å². The largest absolute Gasteiger partial charge is 0.465 e. The zero-order chi connectivity index (χ0) is 14.8. The highest BCUT2D eigenvalue weighted by atomic mass is 16.5. The number of hydrogen-bond acceptors (Lipinski definition) is 4. The van der Waals surface area contributed by atoms with Gasteiger partial charge in [0.05, 0.1) is 12.7 Å². The molecule has 0 aliphatic carbocycles. The van der Waals surface area contributed by atoms with Crippen LogP contribution in [0.2, 0.25) is 0 Å². The minimum atomic E-state index is -0.368. The van der Waals surface area contributed by atoms with Crippen molar-refractivity contribution in [3.05, 3.63) is 59.4 Å². The van der Waals surface area contributed by atoms with Crippen molar-refractivity contribution in [2.24, 2.45) is 0 Å². The molecule has 2 aromatic rings. The van der Waals surface area contributed by atoms with Gasteiger partial charge >= 0.3 is 5.97 Å². The lowest BCUT2D eigenvalue weighted by Gasteiger charge is -2.16. The molecule has 0 atom stereocenters. The summed E-state index contributed by atoms with van der Waals surface area (Å²) in [5.74, 6) is -0.493. The number of ether oxygens (including phenoxy) is 1. The van der Waals surface area contributed by atoms with E-state index in [0.717, 1.165) is 17.7 Å². The van der Waals surface area contributed by atoms with Crippen molar-refractivity contribution in [1.29, 1.82) is 0 Å². The molecule has 1 aliphatic heterocycles. The minimum absolute atomic E-state index is 0.125. The second-order valence-electron chi connectivity index (χ2n) is 4.76. The number of pyridine rings is 1. The second kappa shape index (κ2) is 5.36. The molecule has 1 aromatic heterocycles. The van der Waals surface area contributed by atoms with Crippen LogP contribution in [0.4, 0.5) is 5.69 Å². The van der Waals surface area contributed by atoms with E-state index in [9.17, 15) is 9.59 Å². The van der Waals surface area contributed by atoms with Gasteiger partial charge in [-0.15, -0.1) is 0 Å². The average molecular weight is 282 g/mol. The monoisotopic (exact) mass is 282 g/mol. The summed E-state index contributed by atoms with van der Waals surface area (Å²) in [6, 6.07) is 10.5. The Morgan fingerprint density at radius 1 is 1.24 bits per heavy atom. The highest BCUT2D eigenvalue weighted by Gasteiger charge is 2.26. The molecule has 106 valence electrons. The smallest absolute Gasteiger partial charge is 0.337 e. The molecule has 0 bridgehead atoms. The molecule has 1 amide bonds. The van der Waals surface area contributed by atoms with E-state index in [1.165, 1.54) is 7.11 Å². The van der Waals surface area contributed by atoms with Gasteiger partial charge in [-0.05, 0) is 42.3 Å². The summed E-state index contributed by atoms with van der Waals surface area (Å²) in [6.07, 6.45) is 2.32. The van der Waals surface area contributed by atoms with Crippen LogP contribution in [-0.2, 0) is 11.2 Å². The Kier molecular flexibility index (Phi) is 3.39. The summed E-state index contributed by atoms with van der Waals surface area (Å²) in [4.78, 5) is 29.8. The Balaban J connectivity index is 1.91. The van der Waals surface area contributed by atoms with Crippen LogP contribution < -0.4 is 4.90 Å².